The number of nitrogens with zero attached hydrogens (tertiary/aromatic N) is 1. The summed E-state index contributed by atoms with van der Waals surface area (Å²) in [6.07, 6.45) is 1.91. The van der Waals surface area contributed by atoms with Gasteiger partial charge in [-0.15, -0.1) is 0 Å². The Morgan fingerprint density at radius 3 is 2.45 bits per heavy atom. The fourth-order valence-electron chi connectivity index (χ4n) is 0.537. The summed E-state index contributed by atoms with van der Waals surface area (Å²) >= 11 is 2.90. The molecule has 1 heterocycles. The average molecular weight is 351 g/mol. The Morgan fingerprint density at radius 1 is 1.64 bits per heavy atom. The van der Waals surface area contributed by atoms with Crippen molar-refractivity contribution in [1.82, 2.24) is 0 Å². The number of aromatic nitrogens is 1. The number of hydrogen-bond donors (Lipinski definition) is 1. The molecular weight excluding hydrogens is 342 g/mol. The van der Waals surface area contributed by atoms with E-state index in [1.807, 2.05) is 36.0 Å². The molecule has 0 saturated heterocycles. The predicted octanol–water partition coefficient (Wildman–Crippen LogP) is -1.37. The summed E-state index contributed by atoms with van der Waals surface area (Å²) in [4.78, 5) is 0. The Hall–Kier alpha value is 0.450. The second-order valence-corrected chi connectivity index (χ2v) is 7.38. The summed E-state index contributed by atoms with van der Waals surface area (Å²) in [5.74, 6) is 0.785. The van der Waals surface area contributed by atoms with Crippen LogP contribution in [0.25, 0.3) is 0 Å². The second kappa shape index (κ2) is 7.12. The van der Waals surface area contributed by atoms with Crippen molar-refractivity contribution in [3.8, 4) is 0 Å². The van der Waals surface area contributed by atoms with E-state index in [0.717, 1.165) is 5.82 Å². The van der Waals surface area contributed by atoms with Gasteiger partial charge >= 0.3 is 39.5 Å². The van der Waals surface area contributed by atoms with Crippen LogP contribution in [0.1, 0.15) is 0 Å². The SMILES string of the molecule is C[n+]1ccccc1N.Cl[I-]Br. The van der Waals surface area contributed by atoms with Gasteiger partial charge in [0.25, 0.3) is 5.82 Å². The Kier molecular flexibility index (Phi) is 7.41. The zero-order chi connectivity index (χ0) is 8.69. The maximum atomic E-state index is 5.48. The van der Waals surface area contributed by atoms with Crippen molar-refractivity contribution in [2.24, 2.45) is 7.05 Å². The van der Waals surface area contributed by atoms with Gasteiger partial charge in [0.2, 0.25) is 0 Å². The van der Waals surface area contributed by atoms with E-state index in [4.69, 9.17) is 14.6 Å². The third-order valence-corrected chi connectivity index (χ3v) is 1.10. The predicted molar refractivity (Wildman–Crippen MR) is 46.8 cm³/mol. The molecule has 1 aromatic heterocycles. The van der Waals surface area contributed by atoms with Crippen LogP contribution < -0.4 is 28.2 Å². The number of rotatable bonds is 0. The van der Waals surface area contributed by atoms with E-state index >= 15 is 0 Å². The van der Waals surface area contributed by atoms with Crippen molar-refractivity contribution >= 4 is 27.4 Å². The molecule has 11 heavy (non-hydrogen) atoms. The quantitative estimate of drug-likeness (QED) is 0.454. The minimum atomic E-state index is -0.125. The molecule has 0 unspecified atom stereocenters. The molecule has 2 N–H and O–H groups in total. The first-order valence-corrected chi connectivity index (χ1v) is 10.4. The number of aryl methyl sites for hydroxylation is 1. The van der Waals surface area contributed by atoms with E-state index in [-0.39, 0.29) is 17.9 Å². The third kappa shape index (κ3) is 5.69. The van der Waals surface area contributed by atoms with Crippen LogP contribution in [0.2, 0.25) is 0 Å². The van der Waals surface area contributed by atoms with E-state index in [1.54, 1.807) is 0 Å². The maximum absolute atomic E-state index is 5.48. The van der Waals surface area contributed by atoms with E-state index in [0.29, 0.717) is 0 Å². The van der Waals surface area contributed by atoms with Crippen LogP contribution in [-0.4, -0.2) is 0 Å². The molecule has 0 bridgehead atoms. The molecule has 0 aliphatic carbocycles. The Labute approximate surface area is 86.5 Å². The number of nitrogen functional groups attached to an aromatic ring is 1. The summed E-state index contributed by atoms with van der Waals surface area (Å²) in [5.41, 5.74) is 5.48. The molecule has 0 atom stereocenters. The molecular formula is C6H9BrClIN2. The van der Waals surface area contributed by atoms with Gasteiger partial charge in [0, 0.05) is 6.07 Å². The van der Waals surface area contributed by atoms with Gasteiger partial charge in [-0.25, -0.2) is 4.57 Å². The molecule has 0 saturated carbocycles. The van der Waals surface area contributed by atoms with E-state index < -0.39 is 0 Å². The van der Waals surface area contributed by atoms with E-state index in [2.05, 4.69) is 12.7 Å². The number of halogens is 3. The molecule has 2 nitrogen and oxygen atoms in total. The first-order chi connectivity index (χ1) is 5.22. The van der Waals surface area contributed by atoms with Gasteiger partial charge in [0.15, 0.2) is 0 Å². The van der Waals surface area contributed by atoms with Gasteiger partial charge in [-0.3, -0.25) is 5.73 Å². The van der Waals surface area contributed by atoms with Crippen LogP contribution in [0.15, 0.2) is 24.4 Å². The summed E-state index contributed by atoms with van der Waals surface area (Å²) < 4.78 is 1.86. The topological polar surface area (TPSA) is 29.9 Å². The molecule has 0 aliphatic rings. The molecule has 0 fully saturated rings. The molecule has 0 aliphatic heterocycles. The first-order valence-electron chi connectivity index (χ1n) is 2.79. The average Bonchev–Trinajstić information content (AvgIpc) is 1.97. The molecule has 5 heteroatoms. The van der Waals surface area contributed by atoms with Crippen LogP contribution in [0.4, 0.5) is 5.82 Å². The number of pyridine rings is 1. The zero-order valence-electron chi connectivity index (χ0n) is 5.97. The normalized spacial score (nSPS) is 8.64. The second-order valence-electron chi connectivity index (χ2n) is 1.79. The molecule has 0 radical (unpaired) electrons. The van der Waals surface area contributed by atoms with Crippen molar-refractivity contribution in [3.05, 3.63) is 24.4 Å². The molecule has 1 rings (SSSR count). The van der Waals surface area contributed by atoms with Crippen molar-refractivity contribution in [3.63, 3.8) is 0 Å². The standard InChI is InChI=1S/C6H8N2.BrClI/c1-8-5-3-2-4-6(8)7;1-3-2/h2-5,7H,1H3;/q;-1/p+1. The molecule has 64 valence electrons. The van der Waals surface area contributed by atoms with Crippen LogP contribution in [-0.2, 0) is 7.05 Å². The van der Waals surface area contributed by atoms with Crippen LogP contribution in [0, 0.1) is 0 Å². The summed E-state index contributed by atoms with van der Waals surface area (Å²) in [7, 11) is 6.94. The zero-order valence-corrected chi connectivity index (χ0v) is 10.5. The van der Waals surface area contributed by atoms with Crippen LogP contribution in [0.3, 0.4) is 0 Å². The van der Waals surface area contributed by atoms with E-state index in [1.165, 1.54) is 0 Å². The van der Waals surface area contributed by atoms with E-state index in [9.17, 15) is 0 Å². The van der Waals surface area contributed by atoms with Crippen LogP contribution >= 0.6 is 21.6 Å². The van der Waals surface area contributed by atoms with Crippen molar-refractivity contribution in [2.45, 2.75) is 0 Å². The van der Waals surface area contributed by atoms with Crippen molar-refractivity contribution in [2.75, 3.05) is 5.73 Å². The van der Waals surface area contributed by atoms with Gasteiger partial charge in [0.05, 0.1) is 13.2 Å². The Morgan fingerprint density at radius 2 is 2.18 bits per heavy atom. The van der Waals surface area contributed by atoms with Gasteiger partial charge in [-0.05, 0) is 6.07 Å². The van der Waals surface area contributed by atoms with Gasteiger partial charge in [-0.1, -0.05) is 6.07 Å². The summed E-state index contributed by atoms with van der Waals surface area (Å²) in [5, 5.41) is 0. The van der Waals surface area contributed by atoms with Crippen LogP contribution in [0.5, 0.6) is 0 Å². The first kappa shape index (κ1) is 11.4. The fraction of sp³-hybridized carbons (Fsp3) is 0.167. The summed E-state index contributed by atoms with van der Waals surface area (Å²) in [6.45, 7) is 0. The minimum absolute atomic E-state index is 0.125. The van der Waals surface area contributed by atoms with Gasteiger partial charge < -0.3 is 0 Å². The Bertz CT molecular complexity index is 189. The van der Waals surface area contributed by atoms with Gasteiger partial charge in [0.1, 0.15) is 0 Å². The number of nitrogens with two attached hydrogens (primary N) is 1. The number of hydrogen-bond acceptors (Lipinski definition) is 1. The van der Waals surface area contributed by atoms with Crippen molar-refractivity contribution in [1.29, 1.82) is 0 Å². The molecule has 0 aromatic carbocycles. The monoisotopic (exact) mass is 350 g/mol. The fourth-order valence-corrected chi connectivity index (χ4v) is 0.537. The molecule has 0 amide bonds. The molecule has 1 aromatic rings. The van der Waals surface area contributed by atoms with Gasteiger partial charge in [-0.2, -0.15) is 0 Å². The third-order valence-electron chi connectivity index (χ3n) is 1.10. The summed E-state index contributed by atoms with van der Waals surface area (Å²) in [6, 6.07) is 5.71. The molecule has 0 spiro atoms. The van der Waals surface area contributed by atoms with Crippen molar-refractivity contribution < 1.29 is 22.4 Å². The number of anilines is 1. The Balaban J connectivity index is 0.000000292.